The summed E-state index contributed by atoms with van der Waals surface area (Å²) in [7, 11) is 0. The molecule has 0 fully saturated rings. The molecule has 0 saturated heterocycles. The lowest BCUT2D eigenvalue weighted by Gasteiger charge is -2.11. The van der Waals surface area contributed by atoms with Crippen molar-refractivity contribution in [3.8, 4) is 11.8 Å². The molecule has 29 heavy (non-hydrogen) atoms. The Hall–Kier alpha value is -3.11. The summed E-state index contributed by atoms with van der Waals surface area (Å²) in [6.07, 6.45) is 1.52. The lowest BCUT2D eigenvalue weighted by molar-refractivity contribution is -0.112. The maximum absolute atomic E-state index is 12.4. The van der Waals surface area contributed by atoms with E-state index in [4.69, 9.17) is 9.47 Å². The van der Waals surface area contributed by atoms with Gasteiger partial charge in [-0.25, -0.2) is 4.79 Å². The van der Waals surface area contributed by atoms with Gasteiger partial charge in [-0.15, -0.1) is 0 Å². The number of carbonyl (C=O) groups excluding carboxylic acids is 2. The Bertz CT molecular complexity index is 960. The number of halogens is 1. The fraction of sp³-hybridized carbons (Fsp3) is 0.227. The number of hydrogen-bond acceptors (Lipinski definition) is 5. The number of hydrogen-bond donors (Lipinski definition) is 1. The van der Waals surface area contributed by atoms with Gasteiger partial charge in [-0.1, -0.05) is 6.07 Å². The topological polar surface area (TPSA) is 88.4 Å². The van der Waals surface area contributed by atoms with E-state index in [9.17, 15) is 14.9 Å². The largest absolute Gasteiger partial charge is 0.490 e. The van der Waals surface area contributed by atoms with Crippen molar-refractivity contribution >= 4 is 39.6 Å². The van der Waals surface area contributed by atoms with E-state index in [-0.39, 0.29) is 18.3 Å². The van der Waals surface area contributed by atoms with Gasteiger partial charge in [0.15, 0.2) is 0 Å². The lowest BCUT2D eigenvalue weighted by Crippen LogP contribution is -2.13. The van der Waals surface area contributed by atoms with Crippen LogP contribution in [0.2, 0.25) is 0 Å². The highest BCUT2D eigenvalue weighted by Crippen LogP contribution is 2.28. The number of benzene rings is 2. The van der Waals surface area contributed by atoms with Crippen LogP contribution in [-0.2, 0) is 9.53 Å². The van der Waals surface area contributed by atoms with Crippen molar-refractivity contribution in [3.63, 3.8) is 0 Å². The van der Waals surface area contributed by atoms with Crippen LogP contribution >= 0.6 is 15.9 Å². The first-order valence-corrected chi connectivity index (χ1v) is 9.80. The van der Waals surface area contributed by atoms with E-state index in [1.54, 1.807) is 49.4 Å². The van der Waals surface area contributed by atoms with Gasteiger partial charge in [0.05, 0.1) is 22.7 Å². The second kappa shape index (κ2) is 10.4. The molecule has 2 aromatic carbocycles. The predicted molar refractivity (Wildman–Crippen MR) is 115 cm³/mol. The molecule has 0 aliphatic carbocycles. The van der Waals surface area contributed by atoms with Crippen LogP contribution in [0.3, 0.4) is 0 Å². The second-order valence-electron chi connectivity index (χ2n) is 6.28. The van der Waals surface area contributed by atoms with Gasteiger partial charge in [-0.3, -0.25) is 4.79 Å². The molecule has 0 saturated carbocycles. The average molecular weight is 457 g/mol. The monoisotopic (exact) mass is 456 g/mol. The van der Waals surface area contributed by atoms with Crippen molar-refractivity contribution in [3.05, 3.63) is 63.6 Å². The Balaban J connectivity index is 2.13. The highest BCUT2D eigenvalue weighted by Gasteiger charge is 2.12. The Labute approximate surface area is 178 Å². The molecule has 1 amide bonds. The van der Waals surface area contributed by atoms with Crippen molar-refractivity contribution < 1.29 is 19.1 Å². The van der Waals surface area contributed by atoms with E-state index in [0.717, 1.165) is 4.47 Å². The van der Waals surface area contributed by atoms with Crippen LogP contribution in [0.1, 0.15) is 36.7 Å². The van der Waals surface area contributed by atoms with Gasteiger partial charge in [0.2, 0.25) is 0 Å². The minimum absolute atomic E-state index is 0.0309. The summed E-state index contributed by atoms with van der Waals surface area (Å²) in [5.41, 5.74) is 1.47. The van der Waals surface area contributed by atoms with Crippen molar-refractivity contribution in [1.29, 1.82) is 5.26 Å². The third-order valence-corrected chi connectivity index (χ3v) is 4.27. The molecule has 1 N–H and O–H groups in total. The first kappa shape index (κ1) is 22.2. The Kier molecular flexibility index (Phi) is 7.98. The zero-order chi connectivity index (χ0) is 21.4. The molecular weight excluding hydrogens is 436 g/mol. The number of anilines is 1. The number of nitrogens with one attached hydrogen (secondary N) is 1. The molecule has 0 atom stereocenters. The van der Waals surface area contributed by atoms with Crippen LogP contribution in [-0.4, -0.2) is 24.6 Å². The molecule has 0 heterocycles. The van der Waals surface area contributed by atoms with E-state index in [2.05, 4.69) is 21.2 Å². The first-order chi connectivity index (χ1) is 13.8. The highest BCUT2D eigenvalue weighted by molar-refractivity contribution is 9.10. The molecule has 2 rings (SSSR count). The lowest BCUT2D eigenvalue weighted by atomic mass is 10.1. The molecule has 2 aromatic rings. The van der Waals surface area contributed by atoms with Gasteiger partial charge in [0, 0.05) is 5.69 Å². The fourth-order valence-corrected chi connectivity index (χ4v) is 2.86. The first-order valence-electron chi connectivity index (χ1n) is 9.00. The molecule has 7 heteroatoms. The van der Waals surface area contributed by atoms with Crippen LogP contribution in [0, 0.1) is 11.3 Å². The molecule has 0 aliphatic heterocycles. The quantitative estimate of drug-likeness (QED) is 0.361. The fourth-order valence-electron chi connectivity index (χ4n) is 2.37. The van der Waals surface area contributed by atoms with Crippen LogP contribution < -0.4 is 10.1 Å². The van der Waals surface area contributed by atoms with E-state index in [0.29, 0.717) is 22.6 Å². The number of ether oxygens (including phenoxy) is 2. The summed E-state index contributed by atoms with van der Waals surface area (Å²) in [5.74, 6) is -0.296. The number of nitrogens with zero attached hydrogens (tertiary/aromatic N) is 1. The minimum Gasteiger partial charge on any atom is -0.490 e. The summed E-state index contributed by atoms with van der Waals surface area (Å²) in [5, 5.41) is 12.0. The normalized spacial score (nSPS) is 11.0. The standard InChI is InChI=1S/C22H21BrN2O4/c1-4-28-22(27)16-6-8-18(9-7-16)25-21(26)17(13-24)11-15-5-10-20(19(23)12-15)29-14(2)3/h5-12,14H,4H2,1-3H3,(H,25,26)/b17-11+. The van der Waals surface area contributed by atoms with Gasteiger partial charge in [0.25, 0.3) is 5.91 Å². The van der Waals surface area contributed by atoms with Gasteiger partial charge in [-0.05, 0) is 84.7 Å². The summed E-state index contributed by atoms with van der Waals surface area (Å²) < 4.78 is 11.3. The molecule has 0 bridgehead atoms. The summed E-state index contributed by atoms with van der Waals surface area (Å²) in [6, 6.07) is 13.5. The molecule has 0 aliphatic rings. The molecule has 0 unspecified atom stereocenters. The predicted octanol–water partition coefficient (Wildman–Crippen LogP) is 4.96. The van der Waals surface area contributed by atoms with Crippen molar-refractivity contribution in [2.75, 3.05) is 11.9 Å². The molecule has 0 spiro atoms. The molecule has 0 aromatic heterocycles. The van der Waals surface area contributed by atoms with Crippen molar-refractivity contribution in [2.45, 2.75) is 26.9 Å². The molecule has 150 valence electrons. The summed E-state index contributed by atoms with van der Waals surface area (Å²) in [6.45, 7) is 5.87. The van der Waals surface area contributed by atoms with E-state index in [1.807, 2.05) is 19.9 Å². The minimum atomic E-state index is -0.546. The van der Waals surface area contributed by atoms with Crippen molar-refractivity contribution in [2.24, 2.45) is 0 Å². The van der Waals surface area contributed by atoms with E-state index in [1.165, 1.54) is 6.08 Å². The van der Waals surface area contributed by atoms with Gasteiger partial charge in [0.1, 0.15) is 17.4 Å². The van der Waals surface area contributed by atoms with Crippen LogP contribution in [0.5, 0.6) is 5.75 Å². The third kappa shape index (κ3) is 6.47. The van der Waals surface area contributed by atoms with Gasteiger partial charge in [-0.2, -0.15) is 5.26 Å². The third-order valence-electron chi connectivity index (χ3n) is 3.65. The Morgan fingerprint density at radius 3 is 2.45 bits per heavy atom. The maximum Gasteiger partial charge on any atom is 0.338 e. The number of rotatable bonds is 7. The zero-order valence-electron chi connectivity index (χ0n) is 16.4. The average Bonchev–Trinajstić information content (AvgIpc) is 2.68. The number of carbonyl (C=O) groups is 2. The van der Waals surface area contributed by atoms with E-state index < -0.39 is 11.9 Å². The Morgan fingerprint density at radius 1 is 1.21 bits per heavy atom. The second-order valence-corrected chi connectivity index (χ2v) is 7.13. The van der Waals surface area contributed by atoms with Crippen LogP contribution in [0.15, 0.2) is 52.5 Å². The maximum atomic E-state index is 12.4. The zero-order valence-corrected chi connectivity index (χ0v) is 17.9. The SMILES string of the molecule is CCOC(=O)c1ccc(NC(=O)/C(C#N)=C/c2ccc(OC(C)C)c(Br)c2)cc1. The number of nitriles is 1. The van der Waals surface area contributed by atoms with Crippen LogP contribution in [0.4, 0.5) is 5.69 Å². The van der Waals surface area contributed by atoms with Crippen molar-refractivity contribution in [1.82, 2.24) is 0 Å². The van der Waals surface area contributed by atoms with Gasteiger partial charge >= 0.3 is 5.97 Å². The number of amides is 1. The summed E-state index contributed by atoms with van der Waals surface area (Å²) >= 11 is 3.43. The number of esters is 1. The summed E-state index contributed by atoms with van der Waals surface area (Å²) in [4.78, 5) is 24.1. The molecule has 0 radical (unpaired) electrons. The Morgan fingerprint density at radius 2 is 1.90 bits per heavy atom. The highest BCUT2D eigenvalue weighted by atomic mass is 79.9. The van der Waals surface area contributed by atoms with E-state index >= 15 is 0 Å². The molecule has 6 nitrogen and oxygen atoms in total. The van der Waals surface area contributed by atoms with Gasteiger partial charge < -0.3 is 14.8 Å². The van der Waals surface area contributed by atoms with Crippen LogP contribution in [0.25, 0.3) is 6.08 Å². The molecular formula is C22H21BrN2O4. The smallest absolute Gasteiger partial charge is 0.338 e.